The standard InChI is InChI=1S/C43H64O4/c1-10-46-34-15-13-31(25-32(34)26-44)14-18-38(45)47-37-20-22-42-27-43(42)24-23-40(8)33(30(5)12-11-29(4)28(2)3)19-21-41(40,9)36(43)17-16-35(42)39(37,6)7/h13-15,18,25,28,30,33,35-37,44H,4,10-12,16-17,19-24,26-27H2,1-3,5-9H3/b18-14+. The van der Waals surface area contributed by atoms with Crippen molar-refractivity contribution in [3.05, 3.63) is 47.6 Å². The summed E-state index contributed by atoms with van der Waals surface area (Å²) >= 11 is 0. The third kappa shape index (κ3) is 5.37. The van der Waals surface area contributed by atoms with Gasteiger partial charge in [0.05, 0.1) is 13.2 Å². The Bertz CT molecular complexity index is 1390. The van der Waals surface area contributed by atoms with Gasteiger partial charge >= 0.3 is 5.97 Å². The summed E-state index contributed by atoms with van der Waals surface area (Å²) in [6.45, 7) is 24.1. The first-order valence-corrected chi connectivity index (χ1v) is 19.1. The van der Waals surface area contributed by atoms with Crippen LogP contribution in [0.1, 0.15) is 137 Å². The Balaban J connectivity index is 1.13. The maximum absolute atomic E-state index is 13.2. The smallest absolute Gasteiger partial charge is 0.331 e. The number of aliphatic hydroxyl groups excluding tert-OH is 1. The molecule has 1 aromatic rings. The van der Waals surface area contributed by atoms with Crippen LogP contribution < -0.4 is 4.74 Å². The fourth-order valence-electron chi connectivity index (χ4n) is 12.9. The maximum Gasteiger partial charge on any atom is 0.331 e. The van der Waals surface area contributed by atoms with Gasteiger partial charge in [0.25, 0.3) is 0 Å². The Morgan fingerprint density at radius 1 is 0.979 bits per heavy atom. The minimum absolute atomic E-state index is 0.0351. The number of carbonyl (C=O) groups is 1. The Hall–Kier alpha value is -2.07. The van der Waals surface area contributed by atoms with Gasteiger partial charge in [0, 0.05) is 17.1 Å². The number of fused-ring (bicyclic) bond motifs is 2. The van der Waals surface area contributed by atoms with Crippen LogP contribution in [0.4, 0.5) is 0 Å². The van der Waals surface area contributed by atoms with Crippen molar-refractivity contribution in [2.24, 2.45) is 56.7 Å². The maximum atomic E-state index is 13.2. The molecule has 1 aromatic carbocycles. The van der Waals surface area contributed by atoms with E-state index in [0.717, 1.165) is 35.3 Å². The molecule has 9 unspecified atom stereocenters. The van der Waals surface area contributed by atoms with Crippen molar-refractivity contribution in [3.8, 4) is 5.75 Å². The topological polar surface area (TPSA) is 55.8 Å². The first-order chi connectivity index (χ1) is 22.2. The molecule has 5 saturated carbocycles. The highest BCUT2D eigenvalue weighted by Crippen LogP contribution is 2.89. The predicted molar refractivity (Wildman–Crippen MR) is 192 cm³/mol. The van der Waals surface area contributed by atoms with Crippen LogP contribution in [0.3, 0.4) is 0 Å². The first kappa shape index (κ1) is 34.8. The molecule has 0 aliphatic heterocycles. The van der Waals surface area contributed by atoms with Crippen LogP contribution in [-0.4, -0.2) is 23.8 Å². The minimum atomic E-state index is -0.262. The second kappa shape index (κ2) is 12.4. The highest BCUT2D eigenvalue weighted by Gasteiger charge is 2.82. The van der Waals surface area contributed by atoms with Crippen LogP contribution in [0.2, 0.25) is 0 Å². The van der Waals surface area contributed by atoms with Crippen molar-refractivity contribution in [1.82, 2.24) is 0 Å². The van der Waals surface area contributed by atoms with E-state index in [0.29, 0.717) is 45.9 Å². The molecule has 4 heteroatoms. The summed E-state index contributed by atoms with van der Waals surface area (Å²) in [5, 5.41) is 9.77. The number of allylic oxidation sites excluding steroid dienone is 1. The van der Waals surface area contributed by atoms with Crippen molar-refractivity contribution in [1.29, 1.82) is 0 Å². The Morgan fingerprint density at radius 3 is 2.40 bits per heavy atom. The van der Waals surface area contributed by atoms with Crippen molar-refractivity contribution in [2.45, 2.75) is 139 Å². The number of esters is 1. The summed E-state index contributed by atoms with van der Waals surface area (Å²) in [5.74, 6) is 4.06. The fourth-order valence-corrected chi connectivity index (χ4v) is 12.9. The van der Waals surface area contributed by atoms with E-state index in [4.69, 9.17) is 9.47 Å². The molecule has 1 N–H and O–H groups in total. The third-order valence-corrected chi connectivity index (χ3v) is 15.8. The van der Waals surface area contributed by atoms with Gasteiger partial charge in [-0.25, -0.2) is 4.79 Å². The van der Waals surface area contributed by atoms with Crippen molar-refractivity contribution >= 4 is 12.0 Å². The first-order valence-electron chi connectivity index (χ1n) is 19.1. The van der Waals surface area contributed by atoms with E-state index in [2.05, 4.69) is 55.0 Å². The van der Waals surface area contributed by atoms with E-state index in [9.17, 15) is 9.90 Å². The van der Waals surface area contributed by atoms with E-state index in [1.807, 2.05) is 25.1 Å². The van der Waals surface area contributed by atoms with Crippen LogP contribution >= 0.6 is 0 Å². The Labute approximate surface area is 286 Å². The Kier molecular flexibility index (Phi) is 9.15. The molecule has 9 atom stereocenters. The average Bonchev–Trinajstić information content (AvgIpc) is 3.62. The zero-order valence-corrected chi connectivity index (χ0v) is 30.9. The molecule has 6 rings (SSSR count). The molecule has 0 bridgehead atoms. The highest BCUT2D eigenvalue weighted by molar-refractivity contribution is 5.87. The summed E-state index contributed by atoms with van der Waals surface area (Å²) in [4.78, 5) is 13.2. The van der Waals surface area contributed by atoms with Gasteiger partial charge < -0.3 is 14.6 Å². The number of hydrogen-bond acceptors (Lipinski definition) is 4. The van der Waals surface area contributed by atoms with E-state index in [1.54, 1.807) is 12.2 Å². The number of aliphatic hydroxyl groups is 1. The average molecular weight is 645 g/mol. The Morgan fingerprint density at radius 2 is 1.70 bits per heavy atom. The number of hydrogen-bond donors (Lipinski definition) is 1. The second-order valence-corrected chi connectivity index (χ2v) is 18.1. The molecular weight excluding hydrogens is 580 g/mol. The molecule has 5 aliphatic rings. The van der Waals surface area contributed by atoms with Crippen LogP contribution in [-0.2, 0) is 16.1 Å². The van der Waals surface area contributed by atoms with Gasteiger partial charge in [0.2, 0.25) is 0 Å². The van der Waals surface area contributed by atoms with Crippen molar-refractivity contribution in [2.75, 3.05) is 6.61 Å². The quantitative estimate of drug-likeness (QED) is 0.148. The molecule has 5 aliphatic carbocycles. The van der Waals surface area contributed by atoms with Gasteiger partial charge in [-0.2, -0.15) is 0 Å². The van der Waals surface area contributed by atoms with Crippen molar-refractivity contribution in [3.63, 3.8) is 0 Å². The zero-order chi connectivity index (χ0) is 34.0. The lowest BCUT2D eigenvalue weighted by molar-refractivity contribution is -0.179. The molecule has 4 nitrogen and oxygen atoms in total. The van der Waals surface area contributed by atoms with E-state index in [-0.39, 0.29) is 24.1 Å². The minimum Gasteiger partial charge on any atom is -0.494 e. The van der Waals surface area contributed by atoms with Crippen LogP contribution in [0.15, 0.2) is 36.4 Å². The summed E-state index contributed by atoms with van der Waals surface area (Å²) in [5.41, 5.74) is 4.78. The summed E-state index contributed by atoms with van der Waals surface area (Å²) in [6.07, 6.45) is 17.6. The number of benzene rings is 1. The molecule has 0 aromatic heterocycles. The highest BCUT2D eigenvalue weighted by atomic mass is 16.5. The van der Waals surface area contributed by atoms with E-state index >= 15 is 0 Å². The largest absolute Gasteiger partial charge is 0.494 e. The molecule has 5 fully saturated rings. The third-order valence-electron chi connectivity index (χ3n) is 15.8. The van der Waals surface area contributed by atoms with Gasteiger partial charge in [-0.15, -0.1) is 0 Å². The molecule has 0 saturated heterocycles. The van der Waals surface area contributed by atoms with Gasteiger partial charge in [-0.05, 0) is 153 Å². The molecule has 260 valence electrons. The molecule has 0 amide bonds. The molecule has 2 spiro atoms. The van der Waals surface area contributed by atoms with Gasteiger partial charge in [0.1, 0.15) is 11.9 Å². The molecule has 0 heterocycles. The SMILES string of the molecule is C=C(CCC(C)C1CCC2(C)C3CCC4C(C)(C)C(OC(=O)/C=C/c5ccc(OCC)c(CO)c5)CCC45CC35CCC12C)C(C)C. The van der Waals surface area contributed by atoms with Crippen molar-refractivity contribution < 1.29 is 19.4 Å². The lowest BCUT2D eigenvalue weighted by Gasteiger charge is -2.63. The van der Waals surface area contributed by atoms with Crippen LogP contribution in [0, 0.1) is 56.7 Å². The van der Waals surface area contributed by atoms with Gasteiger partial charge in [-0.1, -0.05) is 66.7 Å². The number of ether oxygens (including phenoxy) is 2. The van der Waals surface area contributed by atoms with Gasteiger partial charge in [-0.3, -0.25) is 0 Å². The molecule has 0 radical (unpaired) electrons. The van der Waals surface area contributed by atoms with E-state index < -0.39 is 0 Å². The molecule has 47 heavy (non-hydrogen) atoms. The second-order valence-electron chi connectivity index (χ2n) is 18.1. The fraction of sp³-hybridized carbons (Fsp3) is 0.744. The zero-order valence-electron chi connectivity index (χ0n) is 30.9. The normalized spacial score (nSPS) is 39.0. The van der Waals surface area contributed by atoms with Crippen LogP contribution in [0.5, 0.6) is 5.75 Å². The monoisotopic (exact) mass is 644 g/mol. The summed E-state index contributed by atoms with van der Waals surface area (Å²) in [6, 6.07) is 5.65. The van der Waals surface area contributed by atoms with Crippen LogP contribution in [0.25, 0.3) is 6.08 Å². The number of rotatable bonds is 11. The molecular formula is C43H64O4. The lowest BCUT2D eigenvalue weighted by Crippen LogP contribution is -2.58. The predicted octanol–water partition coefficient (Wildman–Crippen LogP) is 10.6. The summed E-state index contributed by atoms with van der Waals surface area (Å²) < 4.78 is 11.9. The summed E-state index contributed by atoms with van der Waals surface area (Å²) in [7, 11) is 0. The lowest BCUT2D eigenvalue weighted by atomic mass is 9.41. The van der Waals surface area contributed by atoms with Gasteiger partial charge in [0.15, 0.2) is 0 Å². The van der Waals surface area contributed by atoms with E-state index in [1.165, 1.54) is 69.8 Å². The number of carbonyl (C=O) groups excluding carboxylic acids is 1.